The minimum atomic E-state index is 0. The standard InChI is InChI=1S/C12H15ClN2O.ClH/c13-9-3-1-4-11(7-9)15-12(16)8-10-5-2-6-14-10;/h1,3-4,7,10,14H,2,5-6,8H2,(H,15,16);1H. The second kappa shape index (κ2) is 6.84. The van der Waals surface area contributed by atoms with Crippen LogP contribution in [0.15, 0.2) is 24.3 Å². The van der Waals surface area contributed by atoms with E-state index in [4.69, 9.17) is 11.6 Å². The number of anilines is 1. The lowest BCUT2D eigenvalue weighted by molar-refractivity contribution is -0.116. The number of carbonyl (C=O) groups is 1. The third-order valence-electron chi connectivity index (χ3n) is 2.70. The minimum Gasteiger partial charge on any atom is -0.326 e. The molecule has 0 aromatic heterocycles. The molecular weight excluding hydrogens is 259 g/mol. The third-order valence-corrected chi connectivity index (χ3v) is 2.94. The molecule has 1 aliphatic heterocycles. The van der Waals surface area contributed by atoms with Gasteiger partial charge in [0.2, 0.25) is 5.91 Å². The van der Waals surface area contributed by atoms with E-state index < -0.39 is 0 Å². The van der Waals surface area contributed by atoms with Crippen molar-refractivity contribution in [1.29, 1.82) is 0 Å². The van der Waals surface area contributed by atoms with E-state index in [1.54, 1.807) is 12.1 Å². The highest BCUT2D eigenvalue weighted by atomic mass is 35.5. The predicted octanol–water partition coefficient (Wildman–Crippen LogP) is 2.84. The molecule has 1 aromatic carbocycles. The highest BCUT2D eigenvalue weighted by Gasteiger charge is 2.17. The first-order valence-electron chi connectivity index (χ1n) is 5.53. The van der Waals surface area contributed by atoms with Crippen LogP contribution in [0.5, 0.6) is 0 Å². The van der Waals surface area contributed by atoms with Crippen molar-refractivity contribution in [3.63, 3.8) is 0 Å². The third kappa shape index (κ3) is 4.54. The predicted molar refractivity (Wildman–Crippen MR) is 73.0 cm³/mol. The van der Waals surface area contributed by atoms with Crippen LogP contribution in [0, 0.1) is 0 Å². The second-order valence-electron chi connectivity index (χ2n) is 4.06. The summed E-state index contributed by atoms with van der Waals surface area (Å²) >= 11 is 5.83. The zero-order chi connectivity index (χ0) is 11.4. The Morgan fingerprint density at radius 2 is 2.35 bits per heavy atom. The van der Waals surface area contributed by atoms with Crippen LogP contribution in [-0.4, -0.2) is 18.5 Å². The highest BCUT2D eigenvalue weighted by molar-refractivity contribution is 6.30. The number of carbonyl (C=O) groups excluding carboxylic acids is 1. The Kier molecular flexibility index (Phi) is 5.75. The number of halogens is 2. The molecule has 17 heavy (non-hydrogen) atoms. The molecule has 5 heteroatoms. The number of hydrogen-bond acceptors (Lipinski definition) is 2. The number of rotatable bonds is 3. The molecule has 2 rings (SSSR count). The van der Waals surface area contributed by atoms with Gasteiger partial charge in [-0.1, -0.05) is 17.7 Å². The Labute approximate surface area is 112 Å². The first-order chi connectivity index (χ1) is 7.74. The van der Waals surface area contributed by atoms with Gasteiger partial charge < -0.3 is 10.6 Å². The largest absolute Gasteiger partial charge is 0.326 e. The van der Waals surface area contributed by atoms with E-state index in [0.717, 1.165) is 25.1 Å². The lowest BCUT2D eigenvalue weighted by Gasteiger charge is -2.10. The van der Waals surface area contributed by atoms with Gasteiger partial charge in [0.15, 0.2) is 0 Å². The molecule has 3 nitrogen and oxygen atoms in total. The van der Waals surface area contributed by atoms with Gasteiger partial charge in [-0.05, 0) is 37.6 Å². The topological polar surface area (TPSA) is 41.1 Å². The lowest BCUT2D eigenvalue weighted by Crippen LogP contribution is -2.27. The van der Waals surface area contributed by atoms with Crippen LogP contribution < -0.4 is 10.6 Å². The summed E-state index contributed by atoms with van der Waals surface area (Å²) in [5, 5.41) is 6.78. The van der Waals surface area contributed by atoms with Crippen molar-refractivity contribution in [3.05, 3.63) is 29.3 Å². The molecule has 94 valence electrons. The normalized spacial score (nSPS) is 18.5. The molecule has 1 heterocycles. The average molecular weight is 275 g/mol. The van der Waals surface area contributed by atoms with Gasteiger partial charge in [0.1, 0.15) is 0 Å². The summed E-state index contributed by atoms with van der Waals surface area (Å²) < 4.78 is 0. The molecule has 0 spiro atoms. The van der Waals surface area contributed by atoms with E-state index in [0.29, 0.717) is 17.5 Å². The van der Waals surface area contributed by atoms with E-state index >= 15 is 0 Å². The zero-order valence-electron chi connectivity index (χ0n) is 9.41. The summed E-state index contributed by atoms with van der Waals surface area (Å²) in [6.45, 7) is 1.02. The summed E-state index contributed by atoms with van der Waals surface area (Å²) in [5.41, 5.74) is 0.760. The SMILES string of the molecule is Cl.O=C(CC1CCCN1)Nc1cccc(Cl)c1. The fourth-order valence-electron chi connectivity index (χ4n) is 1.93. The van der Waals surface area contributed by atoms with Crippen molar-refractivity contribution >= 4 is 35.6 Å². The van der Waals surface area contributed by atoms with Gasteiger partial charge in [-0.2, -0.15) is 0 Å². The number of benzene rings is 1. The van der Waals surface area contributed by atoms with E-state index in [-0.39, 0.29) is 18.3 Å². The Hall–Kier alpha value is -0.770. The van der Waals surface area contributed by atoms with Gasteiger partial charge in [0, 0.05) is 23.2 Å². The monoisotopic (exact) mass is 274 g/mol. The van der Waals surface area contributed by atoms with Crippen LogP contribution in [-0.2, 0) is 4.79 Å². The molecule has 0 radical (unpaired) electrons. The molecule has 1 fully saturated rings. The van der Waals surface area contributed by atoms with Crippen molar-refractivity contribution in [2.75, 3.05) is 11.9 Å². The molecule has 1 atom stereocenters. The molecule has 2 N–H and O–H groups in total. The molecule has 0 aliphatic carbocycles. The quantitative estimate of drug-likeness (QED) is 0.890. The van der Waals surface area contributed by atoms with Crippen LogP contribution in [0.4, 0.5) is 5.69 Å². The summed E-state index contributed by atoms with van der Waals surface area (Å²) in [7, 11) is 0. The molecule has 1 aliphatic rings. The maximum absolute atomic E-state index is 11.7. The van der Waals surface area contributed by atoms with Crippen LogP contribution in [0.25, 0.3) is 0 Å². The van der Waals surface area contributed by atoms with E-state index in [9.17, 15) is 4.79 Å². The number of amides is 1. The van der Waals surface area contributed by atoms with Gasteiger partial charge >= 0.3 is 0 Å². The van der Waals surface area contributed by atoms with Gasteiger partial charge in [-0.15, -0.1) is 12.4 Å². The average Bonchev–Trinajstić information content (AvgIpc) is 2.70. The molecule has 1 unspecified atom stereocenters. The van der Waals surface area contributed by atoms with Crippen molar-refractivity contribution in [3.8, 4) is 0 Å². The molecule has 1 amide bonds. The Balaban J connectivity index is 0.00000144. The summed E-state index contributed by atoms with van der Waals surface area (Å²) in [4.78, 5) is 11.7. The molecule has 1 saturated heterocycles. The number of nitrogens with one attached hydrogen (secondary N) is 2. The molecule has 0 saturated carbocycles. The molecule has 1 aromatic rings. The highest BCUT2D eigenvalue weighted by Crippen LogP contribution is 2.16. The summed E-state index contributed by atoms with van der Waals surface area (Å²) in [6, 6.07) is 7.54. The fraction of sp³-hybridized carbons (Fsp3) is 0.417. The van der Waals surface area contributed by atoms with E-state index in [1.165, 1.54) is 0 Å². The zero-order valence-corrected chi connectivity index (χ0v) is 11.0. The first-order valence-corrected chi connectivity index (χ1v) is 5.90. The van der Waals surface area contributed by atoms with Crippen molar-refractivity contribution in [1.82, 2.24) is 5.32 Å². The fourth-order valence-corrected chi connectivity index (χ4v) is 2.12. The molecular formula is C12H16Cl2N2O. The summed E-state index contributed by atoms with van der Waals surface area (Å²) in [5.74, 6) is 0.0432. The van der Waals surface area contributed by atoms with Crippen molar-refractivity contribution < 1.29 is 4.79 Å². The summed E-state index contributed by atoms with van der Waals surface area (Å²) in [6.07, 6.45) is 2.78. The van der Waals surface area contributed by atoms with Gasteiger partial charge in [0.05, 0.1) is 0 Å². The Bertz CT molecular complexity index is 379. The minimum absolute atomic E-state index is 0. The van der Waals surface area contributed by atoms with Gasteiger partial charge in [0.25, 0.3) is 0 Å². The second-order valence-corrected chi connectivity index (χ2v) is 4.49. The van der Waals surface area contributed by atoms with Gasteiger partial charge in [-0.3, -0.25) is 4.79 Å². The Morgan fingerprint density at radius 3 is 3.00 bits per heavy atom. The number of hydrogen-bond donors (Lipinski definition) is 2. The van der Waals surface area contributed by atoms with Crippen LogP contribution in [0.3, 0.4) is 0 Å². The maximum Gasteiger partial charge on any atom is 0.225 e. The first kappa shape index (κ1) is 14.3. The van der Waals surface area contributed by atoms with E-state index in [1.807, 2.05) is 12.1 Å². The maximum atomic E-state index is 11.7. The van der Waals surface area contributed by atoms with Crippen molar-refractivity contribution in [2.45, 2.75) is 25.3 Å². The Morgan fingerprint density at radius 1 is 1.53 bits per heavy atom. The molecule has 0 bridgehead atoms. The van der Waals surface area contributed by atoms with Crippen LogP contribution in [0.1, 0.15) is 19.3 Å². The van der Waals surface area contributed by atoms with Gasteiger partial charge in [-0.25, -0.2) is 0 Å². The smallest absolute Gasteiger partial charge is 0.225 e. The van der Waals surface area contributed by atoms with Crippen LogP contribution >= 0.6 is 24.0 Å². The van der Waals surface area contributed by atoms with Crippen LogP contribution in [0.2, 0.25) is 5.02 Å². The van der Waals surface area contributed by atoms with E-state index in [2.05, 4.69) is 10.6 Å². The lowest BCUT2D eigenvalue weighted by atomic mass is 10.1. The van der Waals surface area contributed by atoms with Crippen molar-refractivity contribution in [2.24, 2.45) is 0 Å².